The van der Waals surface area contributed by atoms with E-state index in [1.54, 1.807) is 0 Å². The van der Waals surface area contributed by atoms with Gasteiger partial charge in [0.1, 0.15) is 5.75 Å². The van der Waals surface area contributed by atoms with Gasteiger partial charge in [-0.25, -0.2) is 0 Å². The van der Waals surface area contributed by atoms with Gasteiger partial charge in [0.25, 0.3) is 0 Å². The molecule has 1 aromatic carbocycles. The monoisotopic (exact) mass is 304 g/mol. The first-order valence-corrected chi connectivity index (χ1v) is 7.78. The molecule has 0 aromatic heterocycles. The maximum atomic E-state index is 11.0. The van der Waals surface area contributed by atoms with E-state index in [0.29, 0.717) is 19.1 Å². The SMILES string of the molecule is C=CCc1cc(CC(N)=O)ccc1OCCCN(C)C(C)C. The minimum absolute atomic E-state index is 0.254. The molecule has 0 aliphatic rings. The van der Waals surface area contributed by atoms with E-state index in [0.717, 1.165) is 29.8 Å². The number of nitrogens with zero attached hydrogens (tertiary/aromatic N) is 1. The number of rotatable bonds is 10. The Morgan fingerprint density at radius 3 is 2.77 bits per heavy atom. The molecule has 0 aliphatic carbocycles. The van der Waals surface area contributed by atoms with Crippen molar-refractivity contribution >= 4 is 5.91 Å². The summed E-state index contributed by atoms with van der Waals surface area (Å²) in [4.78, 5) is 13.3. The number of hydrogen-bond donors (Lipinski definition) is 1. The van der Waals surface area contributed by atoms with Gasteiger partial charge in [-0.1, -0.05) is 18.2 Å². The van der Waals surface area contributed by atoms with Gasteiger partial charge in [0.05, 0.1) is 13.0 Å². The molecule has 2 N–H and O–H groups in total. The van der Waals surface area contributed by atoms with Crippen molar-refractivity contribution in [2.24, 2.45) is 5.73 Å². The van der Waals surface area contributed by atoms with Gasteiger partial charge in [-0.2, -0.15) is 0 Å². The largest absolute Gasteiger partial charge is 0.493 e. The zero-order valence-corrected chi connectivity index (χ0v) is 14.0. The summed E-state index contributed by atoms with van der Waals surface area (Å²) in [5.74, 6) is 0.537. The molecule has 0 bridgehead atoms. The maximum absolute atomic E-state index is 11.0. The van der Waals surface area contributed by atoms with Crippen LogP contribution in [-0.2, 0) is 17.6 Å². The highest BCUT2D eigenvalue weighted by Gasteiger charge is 2.07. The Bertz CT molecular complexity index is 498. The van der Waals surface area contributed by atoms with Crippen molar-refractivity contribution in [2.75, 3.05) is 20.2 Å². The molecule has 0 unspecified atom stereocenters. The summed E-state index contributed by atoms with van der Waals surface area (Å²) in [6, 6.07) is 6.34. The lowest BCUT2D eigenvalue weighted by Crippen LogP contribution is -2.28. The topological polar surface area (TPSA) is 55.6 Å². The van der Waals surface area contributed by atoms with Crippen LogP contribution in [0.1, 0.15) is 31.4 Å². The lowest BCUT2D eigenvalue weighted by atomic mass is 10.0. The first kappa shape index (κ1) is 18.2. The van der Waals surface area contributed by atoms with E-state index in [1.807, 2.05) is 24.3 Å². The van der Waals surface area contributed by atoms with Gasteiger partial charge < -0.3 is 15.4 Å². The fourth-order valence-corrected chi connectivity index (χ4v) is 2.15. The fourth-order valence-electron chi connectivity index (χ4n) is 2.15. The van der Waals surface area contributed by atoms with Crippen molar-refractivity contribution in [1.82, 2.24) is 4.90 Å². The maximum Gasteiger partial charge on any atom is 0.221 e. The Labute approximate surface area is 133 Å². The Morgan fingerprint density at radius 1 is 1.45 bits per heavy atom. The molecule has 0 saturated heterocycles. The average Bonchev–Trinajstić information content (AvgIpc) is 2.44. The Morgan fingerprint density at radius 2 is 2.18 bits per heavy atom. The van der Waals surface area contributed by atoms with Crippen LogP contribution in [0.25, 0.3) is 0 Å². The number of benzene rings is 1. The summed E-state index contributed by atoms with van der Waals surface area (Å²) < 4.78 is 5.89. The number of nitrogens with two attached hydrogens (primary N) is 1. The minimum atomic E-state index is -0.324. The molecule has 4 nitrogen and oxygen atoms in total. The van der Waals surface area contributed by atoms with Crippen molar-refractivity contribution in [3.05, 3.63) is 42.0 Å². The van der Waals surface area contributed by atoms with Crippen LogP contribution in [0, 0.1) is 0 Å². The van der Waals surface area contributed by atoms with Crippen molar-refractivity contribution in [3.8, 4) is 5.75 Å². The van der Waals surface area contributed by atoms with Crippen LogP contribution in [0.4, 0.5) is 0 Å². The van der Waals surface area contributed by atoms with Crippen molar-refractivity contribution in [2.45, 2.75) is 39.2 Å². The molecule has 4 heteroatoms. The van der Waals surface area contributed by atoms with E-state index in [2.05, 4.69) is 32.4 Å². The third-order valence-electron chi connectivity index (χ3n) is 3.66. The van der Waals surface area contributed by atoms with E-state index >= 15 is 0 Å². The van der Waals surface area contributed by atoms with Gasteiger partial charge in [0, 0.05) is 12.6 Å². The highest BCUT2D eigenvalue weighted by atomic mass is 16.5. The number of primary amides is 1. The Kier molecular flexibility index (Phi) is 7.67. The van der Waals surface area contributed by atoms with E-state index in [1.165, 1.54) is 0 Å². The molecule has 0 spiro atoms. The van der Waals surface area contributed by atoms with E-state index in [-0.39, 0.29) is 12.3 Å². The van der Waals surface area contributed by atoms with Crippen LogP contribution in [0.2, 0.25) is 0 Å². The molecule has 0 heterocycles. The number of allylic oxidation sites excluding steroid dienone is 1. The van der Waals surface area contributed by atoms with E-state index in [9.17, 15) is 4.79 Å². The second-order valence-corrected chi connectivity index (χ2v) is 5.85. The molecule has 0 aliphatic heterocycles. The Balaban J connectivity index is 2.61. The second-order valence-electron chi connectivity index (χ2n) is 5.85. The van der Waals surface area contributed by atoms with Gasteiger partial charge in [-0.15, -0.1) is 6.58 Å². The van der Waals surface area contributed by atoms with Gasteiger partial charge in [0.15, 0.2) is 0 Å². The van der Waals surface area contributed by atoms with Crippen LogP contribution in [-0.4, -0.2) is 37.0 Å². The van der Waals surface area contributed by atoms with Crippen LogP contribution >= 0.6 is 0 Å². The molecule has 1 rings (SSSR count). The van der Waals surface area contributed by atoms with Crippen LogP contribution in [0.5, 0.6) is 5.75 Å². The van der Waals surface area contributed by atoms with Gasteiger partial charge in [0.2, 0.25) is 5.91 Å². The smallest absolute Gasteiger partial charge is 0.221 e. The lowest BCUT2D eigenvalue weighted by Gasteiger charge is -2.21. The van der Waals surface area contributed by atoms with Crippen molar-refractivity contribution < 1.29 is 9.53 Å². The molecule has 122 valence electrons. The van der Waals surface area contributed by atoms with Crippen LogP contribution in [0.15, 0.2) is 30.9 Å². The molecular weight excluding hydrogens is 276 g/mol. The summed E-state index contributed by atoms with van der Waals surface area (Å²) in [5.41, 5.74) is 7.20. The van der Waals surface area contributed by atoms with Crippen LogP contribution < -0.4 is 10.5 Å². The first-order chi connectivity index (χ1) is 10.4. The normalized spacial score (nSPS) is 11.0. The highest BCUT2D eigenvalue weighted by molar-refractivity contribution is 5.76. The zero-order valence-electron chi connectivity index (χ0n) is 14.0. The summed E-state index contributed by atoms with van der Waals surface area (Å²) >= 11 is 0. The molecular formula is C18H28N2O2. The molecule has 0 atom stereocenters. The molecule has 0 radical (unpaired) electrons. The lowest BCUT2D eigenvalue weighted by molar-refractivity contribution is -0.117. The van der Waals surface area contributed by atoms with Gasteiger partial charge in [-0.05, 0) is 50.9 Å². The quantitative estimate of drug-likeness (QED) is 0.534. The van der Waals surface area contributed by atoms with Gasteiger partial charge >= 0.3 is 0 Å². The van der Waals surface area contributed by atoms with E-state index < -0.39 is 0 Å². The predicted molar refractivity (Wildman–Crippen MR) is 91.1 cm³/mol. The summed E-state index contributed by atoms with van der Waals surface area (Å²) in [6.07, 6.45) is 3.78. The highest BCUT2D eigenvalue weighted by Crippen LogP contribution is 2.22. The minimum Gasteiger partial charge on any atom is -0.493 e. The molecule has 1 amide bonds. The molecule has 0 saturated carbocycles. The first-order valence-electron chi connectivity index (χ1n) is 7.78. The summed E-state index contributed by atoms with van der Waals surface area (Å²) in [5, 5.41) is 0. The third-order valence-corrected chi connectivity index (χ3v) is 3.66. The van der Waals surface area contributed by atoms with Gasteiger partial charge in [-0.3, -0.25) is 4.79 Å². The number of carbonyl (C=O) groups is 1. The second kappa shape index (κ2) is 9.26. The van der Waals surface area contributed by atoms with Crippen LogP contribution in [0.3, 0.4) is 0 Å². The fraction of sp³-hybridized carbons (Fsp3) is 0.500. The standard InChI is InChI=1S/C18H28N2O2/c1-5-7-16-12-15(13-18(19)21)8-9-17(16)22-11-6-10-20(4)14(2)3/h5,8-9,12,14H,1,6-7,10-11,13H2,2-4H3,(H2,19,21). The summed E-state index contributed by atoms with van der Waals surface area (Å²) in [7, 11) is 2.12. The molecule has 1 aromatic rings. The van der Waals surface area contributed by atoms with Crippen molar-refractivity contribution in [1.29, 1.82) is 0 Å². The molecule has 0 fully saturated rings. The Hall–Kier alpha value is -1.81. The number of amides is 1. The number of hydrogen-bond acceptors (Lipinski definition) is 3. The van der Waals surface area contributed by atoms with E-state index in [4.69, 9.17) is 10.5 Å². The van der Waals surface area contributed by atoms with Crippen molar-refractivity contribution in [3.63, 3.8) is 0 Å². The molecule has 22 heavy (non-hydrogen) atoms. The average molecular weight is 304 g/mol. The predicted octanol–water partition coefficient (Wildman–Crippen LogP) is 2.55. The third kappa shape index (κ3) is 6.31. The number of ether oxygens (including phenoxy) is 1. The number of carbonyl (C=O) groups excluding carboxylic acids is 1. The summed E-state index contributed by atoms with van der Waals surface area (Å²) in [6.45, 7) is 9.82. The zero-order chi connectivity index (χ0) is 16.5.